The van der Waals surface area contributed by atoms with Crippen LogP contribution in [0.2, 0.25) is 5.39 Å². The van der Waals surface area contributed by atoms with Gasteiger partial charge in [0.05, 0.1) is 0 Å². The van der Waals surface area contributed by atoms with Gasteiger partial charge in [0.1, 0.15) is 0 Å². The molecule has 0 bridgehead atoms. The van der Waals surface area contributed by atoms with E-state index in [-0.39, 0.29) is 0 Å². The van der Waals surface area contributed by atoms with E-state index in [4.69, 9.17) is 19.2 Å². The first-order chi connectivity index (χ1) is 5.91. The Morgan fingerprint density at radius 1 is 1.08 bits per heavy atom. The van der Waals surface area contributed by atoms with Crippen LogP contribution in [-0.4, -0.2) is 14.7 Å². The Labute approximate surface area is 87.4 Å². The zero-order chi connectivity index (χ0) is 10.7. The Hall–Kier alpha value is 0.604. The topological polar surface area (TPSA) is 77.8 Å². The minimum absolute atomic E-state index is 0.990. The number of rotatable bonds is 5. The fraction of sp³-hybridized carbons (Fsp3) is 1.00. The molecular formula is C7H18NiO4P. The zero-order valence-electron chi connectivity index (χ0n) is 7.76. The summed E-state index contributed by atoms with van der Waals surface area (Å²) in [7, 11) is -4.64. The maximum atomic E-state index is 8.88. The fourth-order valence-electron chi connectivity index (χ4n) is 0.683. The maximum Gasteiger partial charge on any atom is 0.466 e. The fourth-order valence-corrected chi connectivity index (χ4v) is 0.930. The summed E-state index contributed by atoms with van der Waals surface area (Å²) >= 11 is 4.55. The number of unbranched alkanes of at least 4 members (excludes halogenated alkanes) is 4. The van der Waals surface area contributed by atoms with E-state index >= 15 is 0 Å². The Morgan fingerprint density at radius 3 is 1.77 bits per heavy atom. The average Bonchev–Trinajstić information content (AvgIpc) is 1.95. The first kappa shape index (κ1) is 16.0. The van der Waals surface area contributed by atoms with Gasteiger partial charge in [0.25, 0.3) is 0 Å². The summed E-state index contributed by atoms with van der Waals surface area (Å²) < 4.78 is 8.88. The van der Waals surface area contributed by atoms with Crippen molar-refractivity contribution < 1.29 is 34.7 Å². The summed E-state index contributed by atoms with van der Waals surface area (Å²) in [5, 5.41) is 0.990. The summed E-state index contributed by atoms with van der Waals surface area (Å²) in [6, 6.07) is 0. The van der Waals surface area contributed by atoms with Crippen LogP contribution in [-0.2, 0) is 20.0 Å². The molecule has 0 aliphatic heterocycles. The third-order valence-corrected chi connectivity index (χ3v) is 1.56. The molecule has 0 atom stereocenters. The van der Waals surface area contributed by atoms with Crippen molar-refractivity contribution >= 4 is 7.82 Å². The largest absolute Gasteiger partial charge is 0.466 e. The Kier molecular flexibility index (Phi) is 13.2. The van der Waals surface area contributed by atoms with E-state index in [1.54, 1.807) is 0 Å². The molecule has 0 heterocycles. The van der Waals surface area contributed by atoms with Gasteiger partial charge in [0.15, 0.2) is 0 Å². The monoisotopic (exact) mass is 255 g/mol. The van der Waals surface area contributed by atoms with Crippen molar-refractivity contribution in [3.05, 3.63) is 0 Å². The smallest absolute Gasteiger partial charge is 0.303 e. The third kappa shape index (κ3) is 45.1. The van der Waals surface area contributed by atoms with Crippen LogP contribution in [0.25, 0.3) is 0 Å². The third-order valence-electron chi connectivity index (χ3n) is 1.22. The Bertz CT molecular complexity index is 122. The van der Waals surface area contributed by atoms with E-state index in [9.17, 15) is 0 Å². The van der Waals surface area contributed by atoms with Gasteiger partial charge in [-0.05, 0) is 0 Å². The first-order valence-corrected chi connectivity index (χ1v) is 6.48. The number of phosphoric acid groups is 1. The summed E-state index contributed by atoms with van der Waals surface area (Å²) in [6.07, 6.45) is 6.73. The van der Waals surface area contributed by atoms with Crippen molar-refractivity contribution in [3.63, 3.8) is 0 Å². The summed E-state index contributed by atoms with van der Waals surface area (Å²) in [4.78, 5) is 21.6. The predicted molar refractivity (Wildman–Crippen MR) is 47.8 cm³/mol. The van der Waals surface area contributed by atoms with Gasteiger partial charge in [-0.3, -0.25) is 0 Å². The van der Waals surface area contributed by atoms with Crippen molar-refractivity contribution in [1.29, 1.82) is 0 Å². The molecule has 0 aromatic rings. The van der Waals surface area contributed by atoms with Gasteiger partial charge in [-0.1, -0.05) is 0 Å². The van der Waals surface area contributed by atoms with Gasteiger partial charge in [-0.25, -0.2) is 4.57 Å². The summed E-state index contributed by atoms with van der Waals surface area (Å²) in [5.74, 6) is 0. The first-order valence-electron chi connectivity index (χ1n) is 4.21. The standard InChI is InChI=1S/C7H15.Ni.H3O4P/c1-3-5-7-6-4-2;;1-5(2,3)4/h1,3-7H2,2H3;;(H3,1,2,3,4). The summed E-state index contributed by atoms with van der Waals surface area (Å²) in [6.45, 7) is 2.23. The van der Waals surface area contributed by atoms with E-state index in [0.29, 0.717) is 0 Å². The van der Waals surface area contributed by atoms with Crippen molar-refractivity contribution in [1.82, 2.24) is 0 Å². The quantitative estimate of drug-likeness (QED) is 0.399. The molecule has 0 saturated heterocycles. The maximum absolute atomic E-state index is 8.88. The molecule has 13 heavy (non-hydrogen) atoms. The zero-order valence-corrected chi connectivity index (χ0v) is 9.64. The molecule has 6 heteroatoms. The van der Waals surface area contributed by atoms with Crippen molar-refractivity contribution in [2.75, 3.05) is 0 Å². The van der Waals surface area contributed by atoms with Gasteiger partial charge < -0.3 is 14.7 Å². The average molecular weight is 256 g/mol. The molecule has 0 aromatic carbocycles. The van der Waals surface area contributed by atoms with Crippen LogP contribution in [0.15, 0.2) is 0 Å². The van der Waals surface area contributed by atoms with E-state index < -0.39 is 7.82 Å². The summed E-state index contributed by atoms with van der Waals surface area (Å²) in [5.41, 5.74) is 0. The van der Waals surface area contributed by atoms with Gasteiger partial charge in [-0.15, -0.1) is 0 Å². The Balaban J connectivity index is 0. The van der Waals surface area contributed by atoms with E-state index in [1.165, 1.54) is 32.1 Å². The molecule has 0 aliphatic carbocycles. The molecular weight excluding hydrogens is 238 g/mol. The van der Waals surface area contributed by atoms with Crippen LogP contribution in [0.4, 0.5) is 0 Å². The van der Waals surface area contributed by atoms with Crippen molar-refractivity contribution in [2.24, 2.45) is 0 Å². The number of hydrogen-bond donors (Lipinski definition) is 3. The SMILES string of the molecule is CCCCCC[CH2][Ni].O=P(O)(O)O. The predicted octanol–water partition coefficient (Wildman–Crippen LogP) is 1.99. The van der Waals surface area contributed by atoms with Crippen LogP contribution < -0.4 is 0 Å². The molecule has 0 rings (SSSR count). The van der Waals surface area contributed by atoms with Crippen LogP contribution in [0.3, 0.4) is 0 Å². The van der Waals surface area contributed by atoms with Crippen LogP contribution in [0.1, 0.15) is 39.0 Å². The molecule has 0 radical (unpaired) electrons. The van der Waals surface area contributed by atoms with Crippen LogP contribution in [0.5, 0.6) is 0 Å². The Morgan fingerprint density at radius 2 is 1.46 bits per heavy atom. The second-order valence-electron chi connectivity index (χ2n) is 2.59. The van der Waals surface area contributed by atoms with Gasteiger partial charge in [-0.2, -0.15) is 0 Å². The van der Waals surface area contributed by atoms with Gasteiger partial charge in [0.2, 0.25) is 0 Å². The molecule has 0 unspecified atom stereocenters. The molecule has 0 spiro atoms. The molecule has 85 valence electrons. The van der Waals surface area contributed by atoms with Crippen LogP contribution >= 0.6 is 7.82 Å². The molecule has 0 amide bonds. The molecule has 0 aliphatic rings. The second-order valence-corrected chi connectivity index (χ2v) is 4.11. The van der Waals surface area contributed by atoms with E-state index in [1.807, 2.05) is 0 Å². The van der Waals surface area contributed by atoms with Crippen LogP contribution in [0, 0.1) is 0 Å². The molecule has 0 fully saturated rings. The van der Waals surface area contributed by atoms with Crippen molar-refractivity contribution in [2.45, 2.75) is 44.4 Å². The van der Waals surface area contributed by atoms with E-state index in [2.05, 4.69) is 22.4 Å². The van der Waals surface area contributed by atoms with Crippen molar-refractivity contribution in [3.8, 4) is 0 Å². The molecule has 0 aromatic heterocycles. The molecule has 0 saturated carbocycles. The minimum Gasteiger partial charge on any atom is -0.303 e. The number of hydrogen-bond acceptors (Lipinski definition) is 1. The van der Waals surface area contributed by atoms with Gasteiger partial charge >= 0.3 is 67.7 Å². The van der Waals surface area contributed by atoms with Gasteiger partial charge in [0, 0.05) is 0 Å². The second kappa shape index (κ2) is 10.7. The van der Waals surface area contributed by atoms with E-state index in [0.717, 1.165) is 5.39 Å². The minimum atomic E-state index is -4.64. The normalized spacial score (nSPS) is 10.6. The molecule has 4 nitrogen and oxygen atoms in total. The molecule has 3 N–H and O–H groups in total.